The fourth-order valence-electron chi connectivity index (χ4n) is 5.10. The molecule has 2 amide bonds. The second kappa shape index (κ2) is 12.3. The Kier molecular flexibility index (Phi) is 9.71. The van der Waals surface area contributed by atoms with Crippen LogP contribution in [0.5, 0.6) is 0 Å². The zero-order chi connectivity index (χ0) is 26.5. The summed E-state index contributed by atoms with van der Waals surface area (Å²) in [6.45, 7) is 8.61. The number of ether oxygens (including phenoxy) is 1. The first kappa shape index (κ1) is 28.3. The number of fused-ring (bicyclic) bond motifs is 1. The fraction of sp³-hybridized carbons (Fsp3) is 0.692. The van der Waals surface area contributed by atoms with Crippen LogP contribution >= 0.6 is 0 Å². The van der Waals surface area contributed by atoms with E-state index in [0.29, 0.717) is 38.8 Å². The number of carbonyl (C=O) groups excluding carboxylic acids is 2. The quantitative estimate of drug-likeness (QED) is 0.255. The van der Waals surface area contributed by atoms with E-state index in [1.165, 1.54) is 16.0 Å². The van der Waals surface area contributed by atoms with Gasteiger partial charge in [-0.15, -0.1) is 0 Å². The second-order valence-corrected chi connectivity index (χ2v) is 10.9. The van der Waals surface area contributed by atoms with Crippen LogP contribution in [-0.2, 0) is 22.4 Å². The number of carbonyl (C=O) groups is 2. The number of nitrogens with one attached hydrogen (secondary N) is 3. The van der Waals surface area contributed by atoms with Gasteiger partial charge in [0.05, 0.1) is 12.1 Å². The number of hydrogen-bond donors (Lipinski definition) is 6. The number of aliphatic hydroxyl groups excluding tert-OH is 2. The van der Waals surface area contributed by atoms with E-state index in [1.807, 2.05) is 32.9 Å². The lowest BCUT2D eigenvalue weighted by Crippen LogP contribution is -2.61. The molecule has 4 atom stereocenters. The summed E-state index contributed by atoms with van der Waals surface area (Å²) in [4.78, 5) is 27.1. The van der Waals surface area contributed by atoms with Crippen molar-refractivity contribution in [3.8, 4) is 0 Å². The summed E-state index contributed by atoms with van der Waals surface area (Å²) >= 11 is 0. The van der Waals surface area contributed by atoms with Gasteiger partial charge in [-0.05, 0) is 55.1 Å². The lowest BCUT2D eigenvalue weighted by atomic mass is 9.87. The third-order valence-corrected chi connectivity index (χ3v) is 7.19. The number of rotatable bonds is 10. The molecule has 1 unspecified atom stereocenters. The standard InChI is InChI=1S/C26H42N4O6/c1-5-27-25(35)36-15-20(26(2,3)4)28-24(34)29-21(18-13-16-9-6-7-10-17(16)14-18)22(31)30-12-8-11-19(30)23(32)33/h6-7,9-10,18-21,23-24,28-29,32-34H,5,8,11-15H2,1-4H3,(H,27,35)/t19-,20+,21-,24?/m0/s1. The van der Waals surface area contributed by atoms with Gasteiger partial charge >= 0.3 is 6.09 Å². The average molecular weight is 507 g/mol. The number of aliphatic hydroxyl groups is 3. The van der Waals surface area contributed by atoms with Crippen LogP contribution in [-0.4, -0.2) is 82.7 Å². The smallest absolute Gasteiger partial charge is 0.407 e. The fourth-order valence-corrected chi connectivity index (χ4v) is 5.10. The number of amides is 2. The molecule has 10 nitrogen and oxygen atoms in total. The van der Waals surface area contributed by atoms with Crippen LogP contribution in [0.2, 0.25) is 0 Å². The number of benzene rings is 1. The number of likely N-dealkylation sites (tertiary alicyclic amines) is 1. The molecule has 1 fully saturated rings. The van der Waals surface area contributed by atoms with Crippen molar-refractivity contribution < 1.29 is 29.6 Å². The Balaban J connectivity index is 1.75. The molecular formula is C26H42N4O6. The van der Waals surface area contributed by atoms with E-state index in [1.54, 1.807) is 6.92 Å². The Morgan fingerprint density at radius 2 is 1.75 bits per heavy atom. The molecule has 0 spiro atoms. The zero-order valence-corrected chi connectivity index (χ0v) is 21.7. The monoisotopic (exact) mass is 506 g/mol. The SMILES string of the molecule is CCNC(=O)OC[C@@H](NC(O)N[C@H](C(=O)N1CCC[C@H]1C(O)O)C1Cc2ccccc2C1)C(C)(C)C. The van der Waals surface area contributed by atoms with Gasteiger partial charge in [-0.1, -0.05) is 45.0 Å². The van der Waals surface area contributed by atoms with E-state index < -0.39 is 36.9 Å². The van der Waals surface area contributed by atoms with Crippen molar-refractivity contribution in [1.29, 1.82) is 0 Å². The predicted octanol–water partition coefficient (Wildman–Crippen LogP) is 0.688. The summed E-state index contributed by atoms with van der Waals surface area (Å²) < 4.78 is 5.31. The van der Waals surface area contributed by atoms with E-state index in [-0.39, 0.29) is 23.8 Å². The Morgan fingerprint density at radius 3 is 2.31 bits per heavy atom. The topological polar surface area (TPSA) is 143 Å². The number of nitrogens with zero attached hydrogens (tertiary/aromatic N) is 1. The number of alkyl carbamates (subject to hydrolysis) is 1. The number of hydrogen-bond acceptors (Lipinski definition) is 8. The molecule has 1 aromatic carbocycles. The van der Waals surface area contributed by atoms with Crippen LogP contribution in [0.25, 0.3) is 0 Å². The van der Waals surface area contributed by atoms with E-state index in [9.17, 15) is 24.9 Å². The van der Waals surface area contributed by atoms with Gasteiger partial charge in [0, 0.05) is 19.1 Å². The predicted molar refractivity (Wildman–Crippen MR) is 135 cm³/mol. The molecule has 1 saturated heterocycles. The molecule has 1 heterocycles. The van der Waals surface area contributed by atoms with Crippen LogP contribution in [0.3, 0.4) is 0 Å². The van der Waals surface area contributed by atoms with Crippen molar-refractivity contribution in [2.75, 3.05) is 19.7 Å². The summed E-state index contributed by atoms with van der Waals surface area (Å²) in [5, 5.41) is 39.4. The minimum absolute atomic E-state index is 0.0342. The largest absolute Gasteiger partial charge is 0.448 e. The highest BCUT2D eigenvalue weighted by molar-refractivity contribution is 5.83. The summed E-state index contributed by atoms with van der Waals surface area (Å²) in [6.07, 6.45) is -0.844. The molecule has 2 aliphatic rings. The Labute approximate surface area is 213 Å². The Bertz CT molecular complexity index is 864. The molecule has 0 saturated carbocycles. The van der Waals surface area contributed by atoms with Gasteiger partial charge in [0.15, 0.2) is 12.6 Å². The first-order valence-corrected chi connectivity index (χ1v) is 12.9. The maximum atomic E-state index is 13.7. The molecule has 1 aliphatic heterocycles. The molecule has 202 valence electrons. The Hall–Kier alpha value is -2.24. The highest BCUT2D eigenvalue weighted by atomic mass is 16.5. The Morgan fingerprint density at radius 1 is 1.11 bits per heavy atom. The summed E-state index contributed by atoms with van der Waals surface area (Å²) in [7, 11) is 0. The van der Waals surface area contributed by atoms with Crippen molar-refractivity contribution in [3.63, 3.8) is 0 Å². The lowest BCUT2D eigenvalue weighted by Gasteiger charge is -2.37. The zero-order valence-electron chi connectivity index (χ0n) is 21.7. The van der Waals surface area contributed by atoms with E-state index in [2.05, 4.69) is 28.1 Å². The molecule has 0 radical (unpaired) electrons. The molecular weight excluding hydrogens is 464 g/mol. The molecule has 6 N–H and O–H groups in total. The minimum atomic E-state index is -1.61. The summed E-state index contributed by atoms with van der Waals surface area (Å²) in [5.41, 5.74) is 1.99. The van der Waals surface area contributed by atoms with Gasteiger partial charge in [-0.25, -0.2) is 4.79 Å². The summed E-state index contributed by atoms with van der Waals surface area (Å²) in [5.74, 6) is -0.363. The maximum absolute atomic E-state index is 13.7. The first-order chi connectivity index (χ1) is 17.0. The van der Waals surface area contributed by atoms with Crippen molar-refractivity contribution in [3.05, 3.63) is 35.4 Å². The maximum Gasteiger partial charge on any atom is 0.407 e. The van der Waals surface area contributed by atoms with Crippen molar-refractivity contribution >= 4 is 12.0 Å². The van der Waals surface area contributed by atoms with Crippen LogP contribution in [0.1, 0.15) is 51.7 Å². The van der Waals surface area contributed by atoms with E-state index in [0.717, 1.165) is 0 Å². The van der Waals surface area contributed by atoms with E-state index >= 15 is 0 Å². The van der Waals surface area contributed by atoms with Gasteiger partial charge in [0.2, 0.25) is 5.91 Å². The minimum Gasteiger partial charge on any atom is -0.448 e. The van der Waals surface area contributed by atoms with Crippen LogP contribution < -0.4 is 16.0 Å². The van der Waals surface area contributed by atoms with Gasteiger partial charge in [-0.2, -0.15) is 0 Å². The lowest BCUT2D eigenvalue weighted by molar-refractivity contribution is -0.148. The van der Waals surface area contributed by atoms with Crippen molar-refractivity contribution in [2.45, 2.75) is 84.1 Å². The third-order valence-electron chi connectivity index (χ3n) is 7.19. The van der Waals surface area contributed by atoms with Gasteiger partial charge < -0.3 is 30.3 Å². The van der Waals surface area contributed by atoms with E-state index in [4.69, 9.17) is 4.74 Å². The van der Waals surface area contributed by atoms with Crippen molar-refractivity contribution in [2.24, 2.45) is 11.3 Å². The van der Waals surface area contributed by atoms with Gasteiger partial charge in [0.25, 0.3) is 0 Å². The highest BCUT2D eigenvalue weighted by Gasteiger charge is 2.42. The molecule has 3 rings (SSSR count). The summed E-state index contributed by atoms with van der Waals surface area (Å²) in [6, 6.07) is 6.24. The molecule has 10 heteroatoms. The van der Waals surface area contributed by atoms with Crippen LogP contribution in [0.15, 0.2) is 24.3 Å². The molecule has 1 aliphatic carbocycles. The van der Waals surface area contributed by atoms with Gasteiger partial charge in [0.1, 0.15) is 6.61 Å². The highest BCUT2D eigenvalue weighted by Crippen LogP contribution is 2.31. The van der Waals surface area contributed by atoms with Gasteiger partial charge in [-0.3, -0.25) is 15.4 Å². The normalized spacial score (nSPS) is 20.8. The molecule has 0 aromatic heterocycles. The van der Waals surface area contributed by atoms with Crippen LogP contribution in [0, 0.1) is 11.3 Å². The molecule has 1 aromatic rings. The van der Waals surface area contributed by atoms with Crippen LogP contribution in [0.4, 0.5) is 4.79 Å². The third kappa shape index (κ3) is 7.17. The average Bonchev–Trinajstić information content (AvgIpc) is 3.46. The molecule has 36 heavy (non-hydrogen) atoms. The molecule has 0 bridgehead atoms. The second-order valence-electron chi connectivity index (χ2n) is 10.9. The van der Waals surface area contributed by atoms with Crippen molar-refractivity contribution in [1.82, 2.24) is 20.9 Å². The first-order valence-electron chi connectivity index (χ1n) is 12.9.